The number of anilines is 1. The highest BCUT2D eigenvalue weighted by Gasteiger charge is 2.17. The van der Waals surface area contributed by atoms with Gasteiger partial charge in [-0.1, -0.05) is 0 Å². The average molecular weight is 323 g/mol. The minimum absolute atomic E-state index is 0.197. The van der Waals surface area contributed by atoms with Crippen LogP contribution in [0.3, 0.4) is 0 Å². The molecule has 1 aromatic heterocycles. The molecule has 1 saturated heterocycles. The number of nitrogen functional groups attached to an aromatic ring is 1. The van der Waals surface area contributed by atoms with E-state index in [1.165, 1.54) is 0 Å². The van der Waals surface area contributed by atoms with E-state index in [2.05, 4.69) is 20.9 Å². The van der Waals surface area contributed by atoms with Crippen molar-refractivity contribution in [1.29, 1.82) is 0 Å². The summed E-state index contributed by atoms with van der Waals surface area (Å²) >= 11 is 3.41. The average Bonchev–Trinajstić information content (AvgIpc) is 2.92. The van der Waals surface area contributed by atoms with Crippen molar-refractivity contribution >= 4 is 32.5 Å². The maximum atomic E-state index is 5.97. The van der Waals surface area contributed by atoms with E-state index in [9.17, 15) is 0 Å². The first kappa shape index (κ1) is 12.7. The van der Waals surface area contributed by atoms with Crippen LogP contribution in [0.5, 0.6) is 5.75 Å². The van der Waals surface area contributed by atoms with Crippen LogP contribution in [0.4, 0.5) is 5.69 Å². The van der Waals surface area contributed by atoms with Crippen molar-refractivity contribution in [2.24, 2.45) is 0 Å². The van der Waals surface area contributed by atoms with Crippen LogP contribution >= 0.6 is 15.9 Å². The third-order valence-electron chi connectivity index (χ3n) is 3.26. The molecule has 0 amide bonds. The monoisotopic (exact) mass is 322 g/mol. The van der Waals surface area contributed by atoms with E-state index in [1.807, 2.05) is 18.2 Å². The first-order valence-electron chi connectivity index (χ1n) is 6.32. The number of pyridine rings is 1. The Balaban J connectivity index is 1.88. The predicted octanol–water partition coefficient (Wildman–Crippen LogP) is 3.14. The fraction of sp³-hybridized carbons (Fsp3) is 0.357. The van der Waals surface area contributed by atoms with Crippen molar-refractivity contribution in [1.82, 2.24) is 4.98 Å². The number of nitrogens with zero attached hydrogens (tertiary/aromatic N) is 1. The molecule has 1 fully saturated rings. The van der Waals surface area contributed by atoms with Crippen LogP contribution < -0.4 is 10.5 Å². The molecule has 1 unspecified atom stereocenters. The second kappa shape index (κ2) is 5.35. The molecule has 1 aromatic carbocycles. The van der Waals surface area contributed by atoms with Crippen molar-refractivity contribution in [3.8, 4) is 5.75 Å². The van der Waals surface area contributed by atoms with Crippen LogP contribution in [0.2, 0.25) is 0 Å². The van der Waals surface area contributed by atoms with Gasteiger partial charge in [-0.2, -0.15) is 0 Å². The topological polar surface area (TPSA) is 57.4 Å². The summed E-state index contributed by atoms with van der Waals surface area (Å²) < 4.78 is 12.3. The SMILES string of the molecule is Nc1ccc(OCC2CCCO2)c2ncc(Br)cc12. The molecule has 5 heteroatoms. The molecule has 2 N–H and O–H groups in total. The zero-order chi connectivity index (χ0) is 13.2. The molecular formula is C14H15BrN2O2. The van der Waals surface area contributed by atoms with E-state index >= 15 is 0 Å². The highest BCUT2D eigenvalue weighted by atomic mass is 79.9. The van der Waals surface area contributed by atoms with Gasteiger partial charge in [-0.25, -0.2) is 0 Å². The third-order valence-corrected chi connectivity index (χ3v) is 3.70. The lowest BCUT2D eigenvalue weighted by Crippen LogP contribution is -2.16. The molecule has 0 aliphatic carbocycles. The second-order valence-electron chi connectivity index (χ2n) is 4.65. The molecule has 100 valence electrons. The van der Waals surface area contributed by atoms with Crippen LogP contribution in [0.15, 0.2) is 28.9 Å². The molecule has 0 bridgehead atoms. The highest BCUT2D eigenvalue weighted by molar-refractivity contribution is 9.10. The summed E-state index contributed by atoms with van der Waals surface area (Å²) in [5.41, 5.74) is 7.47. The van der Waals surface area contributed by atoms with Gasteiger partial charge in [0, 0.05) is 28.4 Å². The number of benzene rings is 1. The van der Waals surface area contributed by atoms with Crippen LogP contribution in [-0.4, -0.2) is 24.3 Å². The van der Waals surface area contributed by atoms with Crippen LogP contribution in [0, 0.1) is 0 Å². The van der Waals surface area contributed by atoms with Gasteiger partial charge < -0.3 is 15.2 Å². The van der Waals surface area contributed by atoms with Gasteiger partial charge in [0.2, 0.25) is 0 Å². The van der Waals surface area contributed by atoms with Crippen molar-refractivity contribution in [2.75, 3.05) is 18.9 Å². The standard InChI is InChI=1S/C14H15BrN2O2/c15-9-6-11-12(16)3-4-13(14(11)17-7-9)19-8-10-2-1-5-18-10/h3-4,6-7,10H,1-2,5,8,16H2. The van der Waals surface area contributed by atoms with Gasteiger partial charge >= 0.3 is 0 Å². The molecule has 1 atom stereocenters. The van der Waals surface area contributed by atoms with Gasteiger partial charge in [0.25, 0.3) is 0 Å². The van der Waals surface area contributed by atoms with Gasteiger partial charge in [0.15, 0.2) is 0 Å². The quantitative estimate of drug-likeness (QED) is 0.882. The highest BCUT2D eigenvalue weighted by Crippen LogP contribution is 2.30. The lowest BCUT2D eigenvalue weighted by molar-refractivity contribution is 0.0684. The number of halogens is 1. The Morgan fingerprint density at radius 1 is 1.47 bits per heavy atom. The molecule has 0 radical (unpaired) electrons. The smallest absolute Gasteiger partial charge is 0.145 e. The maximum absolute atomic E-state index is 5.97. The van der Waals surface area contributed by atoms with Crippen molar-refractivity contribution in [3.05, 3.63) is 28.9 Å². The van der Waals surface area contributed by atoms with Gasteiger partial charge in [0.05, 0.1) is 6.10 Å². The summed E-state index contributed by atoms with van der Waals surface area (Å²) in [6.07, 6.45) is 4.12. The van der Waals surface area contributed by atoms with Gasteiger partial charge in [-0.05, 0) is 47.0 Å². The Bertz CT molecular complexity index is 597. The summed E-state index contributed by atoms with van der Waals surface area (Å²) in [5.74, 6) is 0.757. The van der Waals surface area contributed by atoms with E-state index in [4.69, 9.17) is 15.2 Å². The van der Waals surface area contributed by atoms with Crippen molar-refractivity contribution in [3.63, 3.8) is 0 Å². The molecule has 19 heavy (non-hydrogen) atoms. The predicted molar refractivity (Wildman–Crippen MR) is 78.3 cm³/mol. The van der Waals surface area contributed by atoms with Gasteiger partial charge in [-0.15, -0.1) is 0 Å². The summed E-state index contributed by atoms with van der Waals surface area (Å²) in [4.78, 5) is 4.39. The fourth-order valence-electron chi connectivity index (χ4n) is 2.26. The molecule has 2 aromatic rings. The minimum atomic E-state index is 0.197. The summed E-state index contributed by atoms with van der Waals surface area (Å²) in [5, 5.41) is 0.902. The fourth-order valence-corrected chi connectivity index (χ4v) is 2.60. The van der Waals surface area contributed by atoms with Crippen LogP contribution in [-0.2, 0) is 4.74 Å². The molecule has 0 spiro atoms. The number of ether oxygens (including phenoxy) is 2. The number of aromatic nitrogens is 1. The summed E-state index contributed by atoms with van der Waals surface area (Å²) in [7, 11) is 0. The first-order valence-corrected chi connectivity index (χ1v) is 7.11. The molecule has 4 nitrogen and oxygen atoms in total. The molecule has 0 saturated carbocycles. The number of rotatable bonds is 3. The minimum Gasteiger partial charge on any atom is -0.489 e. The molecule has 1 aliphatic heterocycles. The van der Waals surface area contributed by atoms with Crippen LogP contribution in [0.25, 0.3) is 10.9 Å². The zero-order valence-corrected chi connectivity index (χ0v) is 12.0. The lowest BCUT2D eigenvalue weighted by atomic mass is 10.1. The molecular weight excluding hydrogens is 308 g/mol. The molecule has 2 heterocycles. The largest absolute Gasteiger partial charge is 0.489 e. The zero-order valence-electron chi connectivity index (χ0n) is 10.4. The number of hydrogen-bond donors (Lipinski definition) is 1. The third kappa shape index (κ3) is 2.67. The van der Waals surface area contributed by atoms with E-state index in [1.54, 1.807) is 6.20 Å². The lowest BCUT2D eigenvalue weighted by Gasteiger charge is -2.13. The number of fused-ring (bicyclic) bond motifs is 1. The number of hydrogen-bond acceptors (Lipinski definition) is 4. The van der Waals surface area contributed by atoms with E-state index in [0.29, 0.717) is 12.3 Å². The normalized spacial score (nSPS) is 18.9. The number of nitrogens with two attached hydrogens (primary N) is 1. The first-order chi connectivity index (χ1) is 9.24. The van der Waals surface area contributed by atoms with Gasteiger partial charge in [-0.3, -0.25) is 4.98 Å². The Morgan fingerprint density at radius 3 is 3.16 bits per heavy atom. The van der Waals surface area contributed by atoms with E-state index in [0.717, 1.165) is 40.6 Å². The van der Waals surface area contributed by atoms with Crippen molar-refractivity contribution in [2.45, 2.75) is 18.9 Å². The summed E-state index contributed by atoms with van der Waals surface area (Å²) in [6.45, 7) is 1.40. The second-order valence-corrected chi connectivity index (χ2v) is 5.56. The van der Waals surface area contributed by atoms with Crippen LogP contribution in [0.1, 0.15) is 12.8 Å². The van der Waals surface area contributed by atoms with E-state index < -0.39 is 0 Å². The Kier molecular flexibility index (Phi) is 3.57. The molecule has 3 rings (SSSR count). The Morgan fingerprint density at radius 2 is 2.37 bits per heavy atom. The maximum Gasteiger partial charge on any atom is 0.145 e. The van der Waals surface area contributed by atoms with Crippen molar-refractivity contribution < 1.29 is 9.47 Å². The molecule has 1 aliphatic rings. The summed E-state index contributed by atoms with van der Waals surface area (Å²) in [6, 6.07) is 5.67. The van der Waals surface area contributed by atoms with E-state index in [-0.39, 0.29) is 6.10 Å². The Labute approximate surface area is 120 Å². The Hall–Kier alpha value is -1.33. The van der Waals surface area contributed by atoms with Gasteiger partial charge in [0.1, 0.15) is 17.9 Å².